The van der Waals surface area contributed by atoms with Gasteiger partial charge in [-0.15, -0.1) is 0 Å². The summed E-state index contributed by atoms with van der Waals surface area (Å²) < 4.78 is 10.6. The molecule has 0 aliphatic heterocycles. The zero-order valence-electron chi connectivity index (χ0n) is 15.6. The highest BCUT2D eigenvalue weighted by atomic mass is 127. The summed E-state index contributed by atoms with van der Waals surface area (Å²) in [5.41, 5.74) is 0.935. The monoisotopic (exact) mass is 501 g/mol. The normalized spacial score (nSPS) is 11.5. The van der Waals surface area contributed by atoms with E-state index < -0.39 is 0 Å². The number of benzene rings is 1. The van der Waals surface area contributed by atoms with Crippen molar-refractivity contribution in [1.82, 2.24) is 13.7 Å². The van der Waals surface area contributed by atoms with Gasteiger partial charge in [-0.05, 0) is 46.2 Å². The van der Waals surface area contributed by atoms with Crippen molar-refractivity contribution in [2.45, 2.75) is 26.9 Å². The molecule has 0 aliphatic carbocycles. The lowest BCUT2D eigenvalue weighted by Crippen LogP contribution is -2.38. The molecular formula is C19H21ClIN3O3. The summed E-state index contributed by atoms with van der Waals surface area (Å²) in [5, 5.41) is 0.737. The first-order valence-electron chi connectivity index (χ1n) is 8.56. The van der Waals surface area contributed by atoms with Crippen LogP contribution in [0.25, 0.3) is 10.9 Å². The zero-order valence-corrected chi connectivity index (χ0v) is 18.5. The van der Waals surface area contributed by atoms with Crippen molar-refractivity contribution in [1.29, 1.82) is 0 Å². The second-order valence-corrected chi connectivity index (χ2v) is 8.27. The van der Waals surface area contributed by atoms with E-state index in [-0.39, 0.29) is 17.2 Å². The second kappa shape index (κ2) is 7.71. The minimum absolute atomic E-state index is 0.253. The molecule has 27 heavy (non-hydrogen) atoms. The van der Waals surface area contributed by atoms with E-state index in [4.69, 9.17) is 16.3 Å². The van der Waals surface area contributed by atoms with Gasteiger partial charge in [0.2, 0.25) is 0 Å². The van der Waals surface area contributed by atoms with Crippen molar-refractivity contribution in [2.75, 3.05) is 7.11 Å². The molecular weight excluding hydrogens is 481 g/mol. The van der Waals surface area contributed by atoms with Crippen LogP contribution < -0.4 is 16.0 Å². The molecule has 2 heterocycles. The van der Waals surface area contributed by atoms with E-state index >= 15 is 0 Å². The number of fused-ring (bicyclic) bond motifs is 1. The highest BCUT2D eigenvalue weighted by Crippen LogP contribution is 2.30. The van der Waals surface area contributed by atoms with Gasteiger partial charge in [0, 0.05) is 20.1 Å². The smallest absolute Gasteiger partial charge is 0.331 e. The Bertz CT molecular complexity index is 1110. The molecule has 0 atom stereocenters. The fourth-order valence-electron chi connectivity index (χ4n) is 3.10. The lowest BCUT2D eigenvalue weighted by molar-refractivity contribution is 0.414. The molecule has 3 rings (SSSR count). The summed E-state index contributed by atoms with van der Waals surface area (Å²) in [6.45, 7) is 5.08. The summed E-state index contributed by atoms with van der Waals surface area (Å²) in [6.07, 6.45) is 0. The van der Waals surface area contributed by atoms with E-state index in [9.17, 15) is 9.59 Å². The SMILES string of the molecule is COc1ccc(Cn2c(Cl)c3c(=O)n(C)c(=O)n(CC(C)C)c3c2I)cc1. The Balaban J connectivity index is 2.24. The quantitative estimate of drug-likeness (QED) is 0.503. The number of rotatable bonds is 5. The van der Waals surface area contributed by atoms with Crippen molar-refractivity contribution in [2.24, 2.45) is 13.0 Å². The van der Waals surface area contributed by atoms with Crippen LogP contribution >= 0.6 is 34.2 Å². The molecule has 0 aliphatic rings. The highest BCUT2D eigenvalue weighted by Gasteiger charge is 2.23. The van der Waals surface area contributed by atoms with Gasteiger partial charge < -0.3 is 9.30 Å². The predicted molar refractivity (Wildman–Crippen MR) is 116 cm³/mol. The van der Waals surface area contributed by atoms with Gasteiger partial charge in [0.25, 0.3) is 5.56 Å². The summed E-state index contributed by atoms with van der Waals surface area (Å²) >= 11 is 8.78. The van der Waals surface area contributed by atoms with E-state index in [1.54, 1.807) is 11.7 Å². The molecule has 0 saturated heterocycles. The minimum Gasteiger partial charge on any atom is -0.497 e. The van der Waals surface area contributed by atoms with Gasteiger partial charge in [0.15, 0.2) is 0 Å². The Kier molecular flexibility index (Phi) is 5.71. The zero-order chi connectivity index (χ0) is 19.9. The Labute approximate surface area is 175 Å². The largest absolute Gasteiger partial charge is 0.497 e. The van der Waals surface area contributed by atoms with Crippen LogP contribution in [0.3, 0.4) is 0 Å². The van der Waals surface area contributed by atoms with Crippen LogP contribution in [0.5, 0.6) is 5.75 Å². The van der Waals surface area contributed by atoms with Crippen LogP contribution in [-0.2, 0) is 20.1 Å². The number of hydrogen-bond acceptors (Lipinski definition) is 3. The van der Waals surface area contributed by atoms with Crippen LogP contribution in [0.4, 0.5) is 0 Å². The fourth-order valence-corrected chi connectivity index (χ4v) is 4.53. The first kappa shape index (κ1) is 20.0. The molecule has 0 radical (unpaired) electrons. The summed E-state index contributed by atoms with van der Waals surface area (Å²) in [4.78, 5) is 25.4. The lowest BCUT2D eigenvalue weighted by atomic mass is 10.2. The number of nitrogens with zero attached hydrogens (tertiary/aromatic N) is 3. The summed E-state index contributed by atoms with van der Waals surface area (Å²) in [7, 11) is 3.11. The molecule has 3 aromatic rings. The number of hydrogen-bond donors (Lipinski definition) is 0. The third-order valence-corrected chi connectivity index (χ3v) is 5.95. The Morgan fingerprint density at radius 3 is 2.33 bits per heavy atom. The average Bonchev–Trinajstić information content (AvgIpc) is 2.88. The highest BCUT2D eigenvalue weighted by molar-refractivity contribution is 14.1. The molecule has 144 valence electrons. The van der Waals surface area contributed by atoms with Crippen molar-refractivity contribution >= 4 is 45.1 Å². The molecule has 0 spiro atoms. The Morgan fingerprint density at radius 1 is 1.15 bits per heavy atom. The lowest BCUT2D eigenvalue weighted by Gasteiger charge is -2.12. The molecule has 8 heteroatoms. The first-order valence-corrected chi connectivity index (χ1v) is 10.0. The standard InChI is InChI=1S/C19H21ClIN3O3/c1-11(2)9-23-15-14(18(25)22(3)19(23)26)16(20)24(17(15)21)10-12-5-7-13(27-4)8-6-12/h5-8,11H,9-10H2,1-4H3. The minimum atomic E-state index is -0.369. The third-order valence-electron chi connectivity index (χ3n) is 4.47. The number of halogens is 2. The van der Waals surface area contributed by atoms with Crippen molar-refractivity contribution in [3.63, 3.8) is 0 Å². The van der Waals surface area contributed by atoms with Crippen molar-refractivity contribution < 1.29 is 4.74 Å². The summed E-state index contributed by atoms with van der Waals surface area (Å²) in [6, 6.07) is 7.67. The Morgan fingerprint density at radius 2 is 1.78 bits per heavy atom. The van der Waals surface area contributed by atoms with Crippen molar-refractivity contribution in [3.05, 3.63) is 59.5 Å². The maximum Gasteiger partial charge on any atom is 0.331 e. The number of aromatic nitrogens is 3. The second-order valence-electron chi connectivity index (χ2n) is 6.89. The first-order chi connectivity index (χ1) is 12.8. The van der Waals surface area contributed by atoms with Gasteiger partial charge in [-0.3, -0.25) is 13.9 Å². The number of methoxy groups -OCH3 is 1. The van der Waals surface area contributed by atoms with Gasteiger partial charge in [0.05, 0.1) is 12.6 Å². The fraction of sp³-hybridized carbons (Fsp3) is 0.368. The van der Waals surface area contributed by atoms with Gasteiger partial charge >= 0.3 is 5.69 Å². The molecule has 0 amide bonds. The summed E-state index contributed by atoms with van der Waals surface area (Å²) in [5.74, 6) is 1.03. The topological polar surface area (TPSA) is 58.2 Å². The van der Waals surface area contributed by atoms with Crippen LogP contribution in [0, 0.1) is 9.62 Å². The van der Waals surface area contributed by atoms with E-state index in [0.29, 0.717) is 29.1 Å². The molecule has 6 nitrogen and oxygen atoms in total. The van der Waals surface area contributed by atoms with Crippen LogP contribution in [0.1, 0.15) is 19.4 Å². The molecule has 1 aromatic carbocycles. The van der Waals surface area contributed by atoms with E-state index in [0.717, 1.165) is 19.6 Å². The molecule has 0 unspecified atom stereocenters. The van der Waals surface area contributed by atoms with Gasteiger partial charge in [-0.1, -0.05) is 37.6 Å². The number of ether oxygens (including phenoxy) is 1. The third kappa shape index (κ3) is 3.54. The van der Waals surface area contributed by atoms with Gasteiger partial charge in [0.1, 0.15) is 20.0 Å². The molecule has 0 saturated carbocycles. The predicted octanol–water partition coefficient (Wildman–Crippen LogP) is 3.47. The van der Waals surface area contributed by atoms with E-state index in [1.165, 1.54) is 7.05 Å². The van der Waals surface area contributed by atoms with Crippen LogP contribution in [0.2, 0.25) is 5.15 Å². The van der Waals surface area contributed by atoms with Gasteiger partial charge in [-0.2, -0.15) is 0 Å². The maximum atomic E-state index is 12.7. The van der Waals surface area contributed by atoms with Crippen LogP contribution in [0.15, 0.2) is 33.9 Å². The van der Waals surface area contributed by atoms with Crippen LogP contribution in [-0.4, -0.2) is 20.8 Å². The molecule has 0 bridgehead atoms. The van der Waals surface area contributed by atoms with E-state index in [1.807, 2.05) is 42.7 Å². The molecule has 0 N–H and O–H groups in total. The molecule has 2 aromatic heterocycles. The van der Waals surface area contributed by atoms with Crippen molar-refractivity contribution in [3.8, 4) is 5.75 Å². The van der Waals surface area contributed by atoms with Gasteiger partial charge in [-0.25, -0.2) is 4.79 Å². The maximum absolute atomic E-state index is 12.7. The van der Waals surface area contributed by atoms with E-state index in [2.05, 4.69) is 22.6 Å². The molecule has 0 fully saturated rings. The average molecular weight is 502 g/mol. The Hall–Kier alpha value is -1.74.